The average Bonchev–Trinajstić information content (AvgIpc) is 3.37. The summed E-state index contributed by atoms with van der Waals surface area (Å²) in [4.78, 5) is 39.8. The fraction of sp³-hybridized carbons (Fsp3) is 0.550. The molecule has 2 fully saturated rings. The summed E-state index contributed by atoms with van der Waals surface area (Å²) >= 11 is 0. The maximum absolute atomic E-state index is 12.4. The molecule has 1 spiro atoms. The lowest BCUT2D eigenvalue weighted by atomic mass is 9.78. The van der Waals surface area contributed by atoms with Crippen molar-refractivity contribution in [2.45, 2.75) is 26.2 Å². The Bertz CT molecular complexity index is 770. The first-order valence-electron chi connectivity index (χ1n) is 9.44. The van der Waals surface area contributed by atoms with Crippen LogP contribution in [0, 0.1) is 17.3 Å². The summed E-state index contributed by atoms with van der Waals surface area (Å²) < 4.78 is 10.2. The maximum atomic E-state index is 12.4. The van der Waals surface area contributed by atoms with Gasteiger partial charge in [-0.3, -0.25) is 9.59 Å². The van der Waals surface area contributed by atoms with Gasteiger partial charge in [-0.25, -0.2) is 4.79 Å². The Morgan fingerprint density at radius 3 is 2.57 bits per heavy atom. The Labute approximate surface area is 164 Å². The SMILES string of the molecule is CC#CCOC(=O)N1CCC2(CCN(C(=O)CNC(=O)c3ccco3)CC2)C1. The van der Waals surface area contributed by atoms with Crippen molar-refractivity contribution in [2.24, 2.45) is 5.41 Å². The van der Waals surface area contributed by atoms with E-state index in [1.807, 2.05) is 0 Å². The molecule has 0 unspecified atom stereocenters. The Kier molecular flexibility index (Phi) is 6.24. The molecule has 1 N–H and O–H groups in total. The molecule has 0 aromatic carbocycles. The van der Waals surface area contributed by atoms with E-state index in [0.717, 1.165) is 19.3 Å². The zero-order chi connectivity index (χ0) is 20.0. The van der Waals surface area contributed by atoms with Crippen LogP contribution in [-0.4, -0.2) is 67.0 Å². The van der Waals surface area contributed by atoms with Crippen molar-refractivity contribution in [1.29, 1.82) is 0 Å². The van der Waals surface area contributed by atoms with E-state index in [4.69, 9.17) is 9.15 Å². The van der Waals surface area contributed by atoms with Gasteiger partial charge < -0.3 is 24.3 Å². The zero-order valence-electron chi connectivity index (χ0n) is 16.0. The third kappa shape index (κ3) is 4.66. The van der Waals surface area contributed by atoms with Crippen LogP contribution in [0.5, 0.6) is 0 Å². The summed E-state index contributed by atoms with van der Waals surface area (Å²) in [5.74, 6) is 5.10. The van der Waals surface area contributed by atoms with Gasteiger partial charge in [0.25, 0.3) is 5.91 Å². The van der Waals surface area contributed by atoms with Crippen molar-refractivity contribution in [3.8, 4) is 11.8 Å². The topological polar surface area (TPSA) is 92.1 Å². The monoisotopic (exact) mass is 387 g/mol. The molecule has 0 radical (unpaired) electrons. The summed E-state index contributed by atoms with van der Waals surface area (Å²) in [7, 11) is 0. The van der Waals surface area contributed by atoms with E-state index in [1.54, 1.807) is 28.9 Å². The number of amides is 3. The Morgan fingerprint density at radius 1 is 1.21 bits per heavy atom. The number of carbonyl (C=O) groups is 3. The third-order valence-corrected chi connectivity index (χ3v) is 5.46. The van der Waals surface area contributed by atoms with Gasteiger partial charge in [-0.15, -0.1) is 5.92 Å². The molecule has 150 valence electrons. The summed E-state index contributed by atoms with van der Waals surface area (Å²) in [5.41, 5.74) is 0.0453. The van der Waals surface area contributed by atoms with Crippen LogP contribution in [0.2, 0.25) is 0 Å². The molecule has 3 heterocycles. The first-order chi connectivity index (χ1) is 13.5. The number of hydrogen-bond donors (Lipinski definition) is 1. The molecule has 1 aromatic rings. The van der Waals surface area contributed by atoms with Gasteiger partial charge in [0.1, 0.15) is 0 Å². The van der Waals surface area contributed by atoms with Gasteiger partial charge in [0.2, 0.25) is 5.91 Å². The van der Waals surface area contributed by atoms with Gasteiger partial charge in [-0.1, -0.05) is 5.92 Å². The number of likely N-dealkylation sites (tertiary alicyclic amines) is 2. The molecule has 2 saturated heterocycles. The molecular formula is C20H25N3O5. The van der Waals surface area contributed by atoms with Crippen LogP contribution in [0.3, 0.4) is 0 Å². The van der Waals surface area contributed by atoms with Crippen molar-refractivity contribution < 1.29 is 23.5 Å². The minimum atomic E-state index is -0.399. The second kappa shape index (κ2) is 8.83. The van der Waals surface area contributed by atoms with Crippen molar-refractivity contribution in [3.05, 3.63) is 24.2 Å². The lowest BCUT2D eigenvalue weighted by Crippen LogP contribution is -2.47. The summed E-state index contributed by atoms with van der Waals surface area (Å²) in [6.45, 7) is 4.35. The van der Waals surface area contributed by atoms with Crippen LogP contribution in [0.4, 0.5) is 4.79 Å². The first kappa shape index (κ1) is 19.8. The summed E-state index contributed by atoms with van der Waals surface area (Å²) in [6.07, 6.45) is 3.68. The van der Waals surface area contributed by atoms with Gasteiger partial charge in [0, 0.05) is 26.2 Å². The largest absolute Gasteiger partial charge is 0.459 e. The standard InChI is InChI=1S/C20H25N3O5/c1-2-3-12-28-19(26)23-11-8-20(15-23)6-9-22(10-7-20)17(24)14-21-18(25)16-5-4-13-27-16/h4-5,13H,6-12,14-15H2,1H3,(H,21,25). The van der Waals surface area contributed by atoms with Gasteiger partial charge in [-0.2, -0.15) is 0 Å². The van der Waals surface area contributed by atoms with Crippen LogP contribution < -0.4 is 5.32 Å². The molecular weight excluding hydrogens is 362 g/mol. The molecule has 2 aliphatic heterocycles. The molecule has 0 saturated carbocycles. The van der Waals surface area contributed by atoms with Crippen LogP contribution in [-0.2, 0) is 9.53 Å². The zero-order valence-corrected chi connectivity index (χ0v) is 16.0. The smallest absolute Gasteiger partial charge is 0.410 e. The fourth-order valence-electron chi connectivity index (χ4n) is 3.75. The Balaban J connectivity index is 1.42. The molecule has 3 amide bonds. The highest BCUT2D eigenvalue weighted by atomic mass is 16.6. The molecule has 28 heavy (non-hydrogen) atoms. The summed E-state index contributed by atoms with van der Waals surface area (Å²) in [5, 5.41) is 2.59. The highest BCUT2D eigenvalue weighted by Gasteiger charge is 2.43. The molecule has 0 atom stereocenters. The lowest BCUT2D eigenvalue weighted by molar-refractivity contribution is -0.132. The molecule has 1 aromatic heterocycles. The third-order valence-electron chi connectivity index (χ3n) is 5.46. The number of carbonyl (C=O) groups excluding carboxylic acids is 3. The minimum absolute atomic E-state index is 0.0453. The van der Waals surface area contributed by atoms with E-state index in [1.165, 1.54) is 6.26 Å². The fourth-order valence-corrected chi connectivity index (χ4v) is 3.75. The number of piperidine rings is 1. The summed E-state index contributed by atoms with van der Waals surface area (Å²) in [6, 6.07) is 3.18. The van der Waals surface area contributed by atoms with E-state index in [0.29, 0.717) is 26.2 Å². The van der Waals surface area contributed by atoms with Gasteiger partial charge in [0.15, 0.2) is 12.4 Å². The number of nitrogens with one attached hydrogen (secondary N) is 1. The van der Waals surface area contributed by atoms with Gasteiger partial charge in [0.05, 0.1) is 12.8 Å². The first-order valence-corrected chi connectivity index (χ1v) is 9.44. The van der Waals surface area contributed by atoms with E-state index in [2.05, 4.69) is 17.2 Å². The second-order valence-corrected chi connectivity index (χ2v) is 7.19. The number of nitrogens with zero attached hydrogens (tertiary/aromatic N) is 2. The van der Waals surface area contributed by atoms with Crippen LogP contribution >= 0.6 is 0 Å². The Hall–Kier alpha value is -2.95. The highest BCUT2D eigenvalue weighted by molar-refractivity contribution is 5.94. The van der Waals surface area contributed by atoms with Gasteiger partial charge >= 0.3 is 6.09 Å². The molecule has 3 rings (SSSR count). The van der Waals surface area contributed by atoms with Crippen LogP contribution in [0.25, 0.3) is 0 Å². The van der Waals surface area contributed by atoms with Crippen molar-refractivity contribution >= 4 is 17.9 Å². The number of rotatable bonds is 4. The van der Waals surface area contributed by atoms with E-state index < -0.39 is 5.91 Å². The number of hydrogen-bond acceptors (Lipinski definition) is 5. The van der Waals surface area contributed by atoms with Crippen LogP contribution in [0.15, 0.2) is 22.8 Å². The van der Waals surface area contributed by atoms with E-state index >= 15 is 0 Å². The molecule has 8 nitrogen and oxygen atoms in total. The van der Waals surface area contributed by atoms with Crippen molar-refractivity contribution in [1.82, 2.24) is 15.1 Å². The quantitative estimate of drug-likeness (QED) is 0.790. The molecule has 8 heteroatoms. The average molecular weight is 387 g/mol. The van der Waals surface area contributed by atoms with Crippen molar-refractivity contribution in [3.63, 3.8) is 0 Å². The molecule has 2 aliphatic rings. The normalized spacial score (nSPS) is 17.8. The highest BCUT2D eigenvalue weighted by Crippen LogP contribution is 2.40. The number of furan rings is 1. The van der Waals surface area contributed by atoms with E-state index in [-0.39, 0.29) is 36.3 Å². The van der Waals surface area contributed by atoms with E-state index in [9.17, 15) is 14.4 Å². The lowest BCUT2D eigenvalue weighted by Gasteiger charge is -2.39. The predicted molar refractivity (Wildman–Crippen MR) is 100 cm³/mol. The van der Waals surface area contributed by atoms with Crippen LogP contribution in [0.1, 0.15) is 36.7 Å². The molecule has 0 aliphatic carbocycles. The predicted octanol–water partition coefficient (Wildman–Crippen LogP) is 1.48. The number of ether oxygens (including phenoxy) is 1. The maximum Gasteiger partial charge on any atom is 0.410 e. The van der Waals surface area contributed by atoms with Gasteiger partial charge in [-0.05, 0) is 43.7 Å². The minimum Gasteiger partial charge on any atom is -0.459 e. The molecule has 0 bridgehead atoms. The Morgan fingerprint density at radius 2 is 1.93 bits per heavy atom. The second-order valence-electron chi connectivity index (χ2n) is 7.19. The van der Waals surface area contributed by atoms with Crippen molar-refractivity contribution in [2.75, 3.05) is 39.3 Å².